The third kappa shape index (κ3) is 4.92. The summed E-state index contributed by atoms with van der Waals surface area (Å²) in [6.07, 6.45) is 1.37. The molecule has 5 nitrogen and oxygen atoms in total. The van der Waals surface area contributed by atoms with Crippen LogP contribution in [0.25, 0.3) is 0 Å². The number of aryl methyl sites for hydroxylation is 1. The van der Waals surface area contributed by atoms with E-state index in [0.717, 1.165) is 12.1 Å². The number of anilines is 1. The Morgan fingerprint density at radius 3 is 2.69 bits per heavy atom. The maximum absolute atomic E-state index is 12.5. The van der Waals surface area contributed by atoms with Gasteiger partial charge in [0.05, 0.1) is 16.3 Å². The van der Waals surface area contributed by atoms with Gasteiger partial charge in [-0.05, 0) is 49.1 Å². The van der Waals surface area contributed by atoms with E-state index < -0.39 is 10.0 Å². The molecule has 2 aromatic rings. The largest absolute Gasteiger partial charge is 0.363 e. The SMILES string of the molecule is CCCS(=O)(=O)N1CC[C@H](N(Cc2ccccc2C)c2ccc(C#N)c(Cl)c2)C1. The summed E-state index contributed by atoms with van der Waals surface area (Å²) in [6, 6.07) is 15.8. The van der Waals surface area contributed by atoms with E-state index in [9.17, 15) is 13.7 Å². The molecular formula is C22H26ClN3O2S. The van der Waals surface area contributed by atoms with E-state index in [1.165, 1.54) is 11.1 Å². The smallest absolute Gasteiger partial charge is 0.214 e. The fourth-order valence-corrected chi connectivity index (χ4v) is 5.55. The van der Waals surface area contributed by atoms with Gasteiger partial charge in [-0.25, -0.2) is 8.42 Å². The molecule has 3 rings (SSSR count). The van der Waals surface area contributed by atoms with Gasteiger partial charge in [0.1, 0.15) is 6.07 Å². The molecule has 1 heterocycles. The Bertz CT molecular complexity index is 1020. The molecule has 1 saturated heterocycles. The molecule has 0 aliphatic carbocycles. The molecule has 154 valence electrons. The summed E-state index contributed by atoms with van der Waals surface area (Å²) in [4.78, 5) is 2.22. The Morgan fingerprint density at radius 2 is 2.03 bits per heavy atom. The number of nitrogens with zero attached hydrogens (tertiary/aromatic N) is 3. The Hall–Kier alpha value is -2.07. The van der Waals surface area contributed by atoms with E-state index in [2.05, 4.69) is 30.0 Å². The molecule has 0 N–H and O–H groups in total. The van der Waals surface area contributed by atoms with Crippen LogP contribution in [0.4, 0.5) is 5.69 Å². The summed E-state index contributed by atoms with van der Waals surface area (Å²) in [5.74, 6) is 0.181. The number of halogens is 1. The molecule has 1 fully saturated rings. The summed E-state index contributed by atoms with van der Waals surface area (Å²) in [7, 11) is -3.22. The van der Waals surface area contributed by atoms with Crippen molar-refractivity contribution in [2.75, 3.05) is 23.7 Å². The predicted octanol–water partition coefficient (Wildman–Crippen LogP) is 4.34. The first-order valence-corrected chi connectivity index (χ1v) is 11.8. The molecule has 7 heteroatoms. The van der Waals surface area contributed by atoms with Crippen LogP contribution in [0.5, 0.6) is 0 Å². The lowest BCUT2D eigenvalue weighted by molar-refractivity contribution is 0.467. The van der Waals surface area contributed by atoms with E-state index in [1.54, 1.807) is 10.4 Å². The molecule has 0 amide bonds. The zero-order valence-corrected chi connectivity index (χ0v) is 18.4. The van der Waals surface area contributed by atoms with Crippen molar-refractivity contribution in [2.45, 2.75) is 39.3 Å². The Labute approximate surface area is 178 Å². The van der Waals surface area contributed by atoms with Crippen molar-refractivity contribution in [3.05, 3.63) is 64.2 Å². The average molecular weight is 432 g/mol. The van der Waals surface area contributed by atoms with Gasteiger partial charge in [-0.2, -0.15) is 9.57 Å². The van der Waals surface area contributed by atoms with E-state index in [-0.39, 0.29) is 11.8 Å². The Kier molecular flexibility index (Phi) is 6.84. The Balaban J connectivity index is 1.93. The molecule has 0 saturated carbocycles. The molecule has 2 aromatic carbocycles. The van der Waals surface area contributed by atoms with Gasteiger partial charge in [0.25, 0.3) is 0 Å². The number of hydrogen-bond donors (Lipinski definition) is 0. The van der Waals surface area contributed by atoms with Crippen molar-refractivity contribution in [3.63, 3.8) is 0 Å². The zero-order chi connectivity index (χ0) is 21.0. The summed E-state index contributed by atoms with van der Waals surface area (Å²) < 4.78 is 26.7. The highest BCUT2D eigenvalue weighted by molar-refractivity contribution is 7.89. The molecule has 0 spiro atoms. The third-order valence-corrected chi connectivity index (χ3v) is 7.78. The Morgan fingerprint density at radius 1 is 1.28 bits per heavy atom. The normalized spacial score (nSPS) is 17.2. The highest BCUT2D eigenvalue weighted by atomic mass is 35.5. The summed E-state index contributed by atoms with van der Waals surface area (Å²) in [5.41, 5.74) is 3.70. The van der Waals surface area contributed by atoms with Crippen LogP contribution in [0.2, 0.25) is 5.02 Å². The molecule has 0 aromatic heterocycles. The number of nitriles is 1. The molecule has 0 bridgehead atoms. The van der Waals surface area contributed by atoms with Gasteiger partial charge >= 0.3 is 0 Å². The summed E-state index contributed by atoms with van der Waals surface area (Å²) in [6.45, 7) is 5.61. The van der Waals surface area contributed by atoms with Crippen LogP contribution in [-0.2, 0) is 16.6 Å². The molecule has 0 unspecified atom stereocenters. The fraction of sp³-hybridized carbons (Fsp3) is 0.409. The lowest BCUT2D eigenvalue weighted by atomic mass is 10.1. The monoisotopic (exact) mass is 431 g/mol. The standard InChI is InChI=1S/C22H26ClN3O2S/c1-3-12-29(27,28)25-11-10-21(16-25)26(15-19-7-5-4-6-17(19)2)20-9-8-18(14-24)22(23)13-20/h4-9,13,21H,3,10-12,15-16H2,1-2H3/t21-/m0/s1. The highest BCUT2D eigenvalue weighted by Crippen LogP contribution is 2.30. The number of hydrogen-bond acceptors (Lipinski definition) is 4. The first-order valence-electron chi connectivity index (χ1n) is 9.84. The lowest BCUT2D eigenvalue weighted by Crippen LogP contribution is -2.39. The van der Waals surface area contributed by atoms with Crippen LogP contribution in [-0.4, -0.2) is 37.6 Å². The van der Waals surface area contributed by atoms with Crippen LogP contribution in [0.15, 0.2) is 42.5 Å². The van der Waals surface area contributed by atoms with E-state index >= 15 is 0 Å². The topological polar surface area (TPSA) is 64.4 Å². The molecule has 1 aliphatic heterocycles. The van der Waals surface area contributed by atoms with Crippen molar-refractivity contribution < 1.29 is 8.42 Å². The predicted molar refractivity (Wildman–Crippen MR) is 118 cm³/mol. The maximum atomic E-state index is 12.5. The first kappa shape index (κ1) is 21.6. The van der Waals surface area contributed by atoms with Crippen LogP contribution < -0.4 is 4.90 Å². The minimum absolute atomic E-state index is 0.0465. The van der Waals surface area contributed by atoms with Crippen LogP contribution in [0.3, 0.4) is 0 Å². The number of rotatable bonds is 7. The highest BCUT2D eigenvalue weighted by Gasteiger charge is 2.34. The second-order valence-corrected chi connectivity index (χ2v) is 9.94. The van der Waals surface area contributed by atoms with Gasteiger partial charge in [0.2, 0.25) is 10.0 Å². The van der Waals surface area contributed by atoms with E-state index in [0.29, 0.717) is 36.6 Å². The van der Waals surface area contributed by atoms with Crippen LogP contribution in [0.1, 0.15) is 36.5 Å². The number of sulfonamides is 1. The fourth-order valence-electron chi connectivity index (χ4n) is 3.78. The molecular weight excluding hydrogens is 406 g/mol. The minimum Gasteiger partial charge on any atom is -0.363 e. The quantitative estimate of drug-likeness (QED) is 0.654. The summed E-state index contributed by atoms with van der Waals surface area (Å²) in [5, 5.41) is 9.59. The van der Waals surface area contributed by atoms with Gasteiger partial charge in [-0.1, -0.05) is 42.8 Å². The van der Waals surface area contributed by atoms with Gasteiger partial charge in [0.15, 0.2) is 0 Å². The maximum Gasteiger partial charge on any atom is 0.214 e. The second-order valence-electron chi connectivity index (χ2n) is 7.45. The molecule has 0 radical (unpaired) electrons. The van der Waals surface area contributed by atoms with E-state index in [1.807, 2.05) is 31.2 Å². The second kappa shape index (κ2) is 9.17. The molecule has 1 aliphatic rings. The van der Waals surface area contributed by atoms with Crippen molar-refractivity contribution in [1.29, 1.82) is 5.26 Å². The van der Waals surface area contributed by atoms with Crippen molar-refractivity contribution >= 4 is 27.3 Å². The lowest BCUT2D eigenvalue weighted by Gasteiger charge is -2.32. The van der Waals surface area contributed by atoms with Crippen LogP contribution in [0, 0.1) is 18.3 Å². The number of benzene rings is 2. The zero-order valence-electron chi connectivity index (χ0n) is 16.8. The van der Waals surface area contributed by atoms with Gasteiger partial charge < -0.3 is 4.90 Å². The first-order chi connectivity index (χ1) is 13.9. The molecule has 1 atom stereocenters. The van der Waals surface area contributed by atoms with Gasteiger partial charge in [0, 0.05) is 31.4 Å². The van der Waals surface area contributed by atoms with Gasteiger partial charge in [-0.15, -0.1) is 0 Å². The van der Waals surface area contributed by atoms with Crippen molar-refractivity contribution in [1.82, 2.24) is 4.31 Å². The van der Waals surface area contributed by atoms with E-state index in [4.69, 9.17) is 11.6 Å². The third-order valence-electron chi connectivity index (χ3n) is 5.43. The van der Waals surface area contributed by atoms with Crippen molar-refractivity contribution in [3.8, 4) is 6.07 Å². The average Bonchev–Trinajstić information content (AvgIpc) is 3.18. The molecule has 29 heavy (non-hydrogen) atoms. The van der Waals surface area contributed by atoms with Crippen LogP contribution >= 0.6 is 11.6 Å². The van der Waals surface area contributed by atoms with Gasteiger partial charge in [-0.3, -0.25) is 0 Å². The summed E-state index contributed by atoms with van der Waals surface area (Å²) >= 11 is 6.30. The van der Waals surface area contributed by atoms with Crippen molar-refractivity contribution in [2.24, 2.45) is 0 Å². The minimum atomic E-state index is -3.22.